The van der Waals surface area contributed by atoms with Crippen molar-refractivity contribution in [3.63, 3.8) is 0 Å². The van der Waals surface area contributed by atoms with Crippen LogP contribution in [0.25, 0.3) is 5.69 Å². The highest BCUT2D eigenvalue weighted by Gasteiger charge is 2.17. The summed E-state index contributed by atoms with van der Waals surface area (Å²) in [7, 11) is 0. The summed E-state index contributed by atoms with van der Waals surface area (Å²) < 4.78 is 1.34. The summed E-state index contributed by atoms with van der Waals surface area (Å²) in [6, 6.07) is 0. The van der Waals surface area contributed by atoms with Crippen molar-refractivity contribution < 1.29 is 9.90 Å². The molecule has 18 heavy (non-hydrogen) atoms. The van der Waals surface area contributed by atoms with Gasteiger partial charge in [-0.1, -0.05) is 25.4 Å². The van der Waals surface area contributed by atoms with Gasteiger partial charge in [-0.05, 0) is 0 Å². The van der Waals surface area contributed by atoms with E-state index in [2.05, 4.69) is 15.1 Å². The summed E-state index contributed by atoms with van der Waals surface area (Å²) in [4.78, 5) is 19.4. The molecule has 7 heteroatoms. The number of aromatic carboxylic acids is 1. The minimum absolute atomic E-state index is 0.0540. The van der Waals surface area contributed by atoms with Gasteiger partial charge < -0.3 is 5.11 Å². The number of carbonyl (C=O) groups is 1. The van der Waals surface area contributed by atoms with Gasteiger partial charge in [0.05, 0.1) is 17.4 Å². The zero-order valence-electron chi connectivity index (χ0n) is 9.83. The first-order chi connectivity index (χ1) is 8.49. The van der Waals surface area contributed by atoms with Crippen LogP contribution in [0.15, 0.2) is 18.6 Å². The van der Waals surface area contributed by atoms with E-state index < -0.39 is 5.97 Å². The fraction of sp³-hybridized carbons (Fsp3) is 0.273. The van der Waals surface area contributed by atoms with Crippen LogP contribution in [-0.2, 0) is 0 Å². The first-order valence-electron chi connectivity index (χ1n) is 5.30. The van der Waals surface area contributed by atoms with Gasteiger partial charge in [-0.25, -0.2) is 19.4 Å². The molecule has 0 radical (unpaired) electrons. The zero-order valence-corrected chi connectivity index (χ0v) is 10.6. The van der Waals surface area contributed by atoms with Crippen molar-refractivity contribution in [1.82, 2.24) is 19.7 Å². The first kappa shape index (κ1) is 12.5. The first-order valence-corrected chi connectivity index (χ1v) is 5.67. The van der Waals surface area contributed by atoms with E-state index >= 15 is 0 Å². The summed E-state index contributed by atoms with van der Waals surface area (Å²) in [5, 5.41) is 13.5. The molecule has 0 aliphatic rings. The van der Waals surface area contributed by atoms with Crippen LogP contribution in [0, 0.1) is 0 Å². The van der Waals surface area contributed by atoms with Crippen LogP contribution >= 0.6 is 11.6 Å². The smallest absolute Gasteiger partial charge is 0.356 e. The third-order valence-corrected chi connectivity index (χ3v) is 2.50. The van der Waals surface area contributed by atoms with Crippen LogP contribution in [0.4, 0.5) is 0 Å². The number of aromatic nitrogens is 4. The third-order valence-electron chi connectivity index (χ3n) is 2.30. The fourth-order valence-corrected chi connectivity index (χ4v) is 1.56. The van der Waals surface area contributed by atoms with E-state index in [9.17, 15) is 9.90 Å². The van der Waals surface area contributed by atoms with E-state index in [1.807, 2.05) is 13.8 Å². The Kier molecular flexibility index (Phi) is 3.29. The van der Waals surface area contributed by atoms with Crippen LogP contribution in [0.5, 0.6) is 0 Å². The molecule has 2 aromatic heterocycles. The van der Waals surface area contributed by atoms with Crippen molar-refractivity contribution in [3.8, 4) is 5.69 Å². The Bertz CT molecular complexity index is 594. The van der Waals surface area contributed by atoms with Crippen LogP contribution in [0.1, 0.15) is 36.1 Å². The van der Waals surface area contributed by atoms with Gasteiger partial charge in [0.1, 0.15) is 11.5 Å². The second-order valence-corrected chi connectivity index (χ2v) is 4.46. The van der Waals surface area contributed by atoms with Gasteiger partial charge in [0.2, 0.25) is 0 Å². The Balaban J connectivity index is 2.57. The van der Waals surface area contributed by atoms with Crippen LogP contribution in [0.3, 0.4) is 0 Å². The van der Waals surface area contributed by atoms with Crippen molar-refractivity contribution in [2.45, 2.75) is 19.8 Å². The predicted molar refractivity (Wildman–Crippen MR) is 65.2 cm³/mol. The number of carboxylic acids is 1. The molecule has 0 saturated heterocycles. The number of hydrogen-bond acceptors (Lipinski definition) is 4. The van der Waals surface area contributed by atoms with Crippen LogP contribution in [0.2, 0.25) is 5.02 Å². The van der Waals surface area contributed by atoms with Gasteiger partial charge in [0.15, 0.2) is 5.69 Å². The highest BCUT2D eigenvalue weighted by atomic mass is 35.5. The van der Waals surface area contributed by atoms with Gasteiger partial charge >= 0.3 is 5.97 Å². The quantitative estimate of drug-likeness (QED) is 0.920. The average Bonchev–Trinajstić information content (AvgIpc) is 2.74. The summed E-state index contributed by atoms with van der Waals surface area (Å²) in [6.07, 6.45) is 4.36. The lowest BCUT2D eigenvalue weighted by Crippen LogP contribution is -2.12. The molecular formula is C11H11ClN4O2. The number of nitrogens with zero attached hydrogens (tertiary/aromatic N) is 4. The second kappa shape index (κ2) is 4.73. The molecule has 6 nitrogen and oxygen atoms in total. The van der Waals surface area contributed by atoms with Gasteiger partial charge in [-0.15, -0.1) is 0 Å². The highest BCUT2D eigenvalue weighted by Crippen LogP contribution is 2.17. The molecule has 0 bridgehead atoms. The van der Waals surface area contributed by atoms with E-state index in [1.165, 1.54) is 23.3 Å². The third kappa shape index (κ3) is 2.33. The Morgan fingerprint density at radius 2 is 2.17 bits per heavy atom. The van der Waals surface area contributed by atoms with Crippen molar-refractivity contribution in [2.24, 2.45) is 0 Å². The SMILES string of the molecule is CC(C)c1ncc(-n2cc(Cl)cn2)c(C(=O)O)n1. The second-order valence-electron chi connectivity index (χ2n) is 4.03. The van der Waals surface area contributed by atoms with Crippen molar-refractivity contribution in [3.05, 3.63) is 35.1 Å². The highest BCUT2D eigenvalue weighted by molar-refractivity contribution is 6.30. The molecule has 0 saturated carbocycles. The molecule has 0 unspecified atom stereocenters. The van der Waals surface area contributed by atoms with Gasteiger partial charge in [-0.3, -0.25) is 0 Å². The Morgan fingerprint density at radius 3 is 2.67 bits per heavy atom. The number of hydrogen-bond donors (Lipinski definition) is 1. The maximum Gasteiger partial charge on any atom is 0.356 e. The monoisotopic (exact) mass is 266 g/mol. The largest absolute Gasteiger partial charge is 0.476 e. The zero-order chi connectivity index (χ0) is 13.3. The van der Waals surface area contributed by atoms with E-state index in [0.717, 1.165) is 0 Å². The Morgan fingerprint density at radius 1 is 1.44 bits per heavy atom. The van der Waals surface area contributed by atoms with E-state index in [-0.39, 0.29) is 11.6 Å². The lowest BCUT2D eigenvalue weighted by molar-refractivity contribution is 0.0689. The molecular weight excluding hydrogens is 256 g/mol. The van der Waals surface area contributed by atoms with E-state index in [4.69, 9.17) is 11.6 Å². The maximum atomic E-state index is 11.2. The lowest BCUT2D eigenvalue weighted by atomic mass is 10.2. The summed E-state index contributed by atoms with van der Waals surface area (Å²) in [5.41, 5.74) is 0.201. The fourth-order valence-electron chi connectivity index (χ4n) is 1.42. The van der Waals surface area contributed by atoms with Crippen molar-refractivity contribution >= 4 is 17.6 Å². The minimum atomic E-state index is -1.12. The van der Waals surface area contributed by atoms with Gasteiger partial charge in [-0.2, -0.15) is 5.10 Å². The standard InChI is InChI=1S/C11H11ClN4O2/c1-6(2)10-13-4-8(9(15-10)11(17)18)16-5-7(12)3-14-16/h3-6H,1-2H3,(H,17,18). The molecule has 2 rings (SSSR count). The van der Waals surface area contributed by atoms with Gasteiger partial charge in [0.25, 0.3) is 0 Å². The van der Waals surface area contributed by atoms with Crippen LogP contribution in [-0.4, -0.2) is 30.8 Å². The molecule has 2 aromatic rings. The topological polar surface area (TPSA) is 80.9 Å². The van der Waals surface area contributed by atoms with Crippen molar-refractivity contribution in [1.29, 1.82) is 0 Å². The predicted octanol–water partition coefficient (Wildman–Crippen LogP) is 2.14. The molecule has 0 aromatic carbocycles. The summed E-state index contributed by atoms with van der Waals surface area (Å²) in [5.74, 6) is -0.589. The molecule has 0 aliphatic carbocycles. The molecule has 0 amide bonds. The van der Waals surface area contributed by atoms with Crippen LogP contribution < -0.4 is 0 Å². The Hall–Kier alpha value is -1.95. The molecule has 94 valence electrons. The maximum absolute atomic E-state index is 11.2. The average molecular weight is 267 g/mol. The molecule has 2 heterocycles. The van der Waals surface area contributed by atoms with E-state index in [1.54, 1.807) is 0 Å². The number of rotatable bonds is 3. The minimum Gasteiger partial charge on any atom is -0.476 e. The molecule has 1 N–H and O–H groups in total. The lowest BCUT2D eigenvalue weighted by Gasteiger charge is -2.08. The van der Waals surface area contributed by atoms with E-state index in [0.29, 0.717) is 16.5 Å². The summed E-state index contributed by atoms with van der Waals surface area (Å²) >= 11 is 5.75. The number of halogens is 1. The summed E-state index contributed by atoms with van der Waals surface area (Å²) in [6.45, 7) is 3.79. The molecule has 0 atom stereocenters. The molecule has 0 fully saturated rings. The number of carboxylic acid groups (broad SMARTS) is 1. The molecule has 0 spiro atoms. The molecule has 0 aliphatic heterocycles. The van der Waals surface area contributed by atoms with Crippen molar-refractivity contribution in [2.75, 3.05) is 0 Å². The Labute approximate surface area is 108 Å². The normalized spacial score (nSPS) is 10.9. The van der Waals surface area contributed by atoms with Gasteiger partial charge in [0, 0.05) is 12.1 Å².